The van der Waals surface area contributed by atoms with E-state index in [4.69, 9.17) is 0 Å². The SMILES string of the molecule is CNc1cc([C]=O)cc(NC)c1NC. The highest BCUT2D eigenvalue weighted by Crippen LogP contribution is 2.30. The molecule has 0 atom stereocenters. The van der Waals surface area contributed by atoms with E-state index in [9.17, 15) is 4.79 Å². The number of anilines is 3. The van der Waals surface area contributed by atoms with Gasteiger partial charge in [0, 0.05) is 26.7 Å². The smallest absolute Gasteiger partial charge is 0.233 e. The first-order valence-corrected chi connectivity index (χ1v) is 4.36. The Balaban J connectivity index is 3.31. The van der Waals surface area contributed by atoms with Gasteiger partial charge in [-0.3, -0.25) is 4.79 Å². The Morgan fingerprint density at radius 2 is 1.50 bits per heavy atom. The number of hydrogen-bond donors (Lipinski definition) is 3. The fourth-order valence-corrected chi connectivity index (χ4v) is 1.36. The van der Waals surface area contributed by atoms with Gasteiger partial charge < -0.3 is 16.0 Å². The van der Waals surface area contributed by atoms with Crippen molar-refractivity contribution in [2.24, 2.45) is 0 Å². The van der Waals surface area contributed by atoms with E-state index in [2.05, 4.69) is 16.0 Å². The maximum absolute atomic E-state index is 10.5. The Bertz CT molecular complexity index is 311. The van der Waals surface area contributed by atoms with Crippen molar-refractivity contribution in [1.82, 2.24) is 0 Å². The summed E-state index contributed by atoms with van der Waals surface area (Å²) in [5.41, 5.74) is 3.21. The van der Waals surface area contributed by atoms with E-state index in [1.54, 1.807) is 12.1 Å². The molecule has 14 heavy (non-hydrogen) atoms. The molecule has 0 spiro atoms. The molecule has 0 saturated carbocycles. The molecule has 0 heterocycles. The fraction of sp³-hybridized carbons (Fsp3) is 0.300. The second-order valence-corrected chi connectivity index (χ2v) is 2.80. The zero-order valence-electron chi connectivity index (χ0n) is 8.56. The van der Waals surface area contributed by atoms with Crippen LogP contribution in [0.5, 0.6) is 0 Å². The summed E-state index contributed by atoms with van der Waals surface area (Å²) in [6.07, 6.45) is 1.87. The van der Waals surface area contributed by atoms with Crippen LogP contribution < -0.4 is 16.0 Å². The quantitative estimate of drug-likeness (QED) is 0.672. The van der Waals surface area contributed by atoms with E-state index in [0.29, 0.717) is 5.56 Å². The van der Waals surface area contributed by atoms with Crippen molar-refractivity contribution in [3.05, 3.63) is 17.7 Å². The molecule has 0 unspecified atom stereocenters. The van der Waals surface area contributed by atoms with Crippen LogP contribution in [0.3, 0.4) is 0 Å². The first-order valence-electron chi connectivity index (χ1n) is 4.36. The van der Waals surface area contributed by atoms with Crippen molar-refractivity contribution < 1.29 is 4.79 Å². The molecule has 3 N–H and O–H groups in total. The fourth-order valence-electron chi connectivity index (χ4n) is 1.36. The first-order chi connectivity index (χ1) is 6.76. The number of nitrogens with one attached hydrogen (secondary N) is 3. The monoisotopic (exact) mass is 192 g/mol. The van der Waals surface area contributed by atoms with Gasteiger partial charge in [0.1, 0.15) is 0 Å². The normalized spacial score (nSPS) is 9.36. The predicted molar refractivity (Wildman–Crippen MR) is 59.9 cm³/mol. The molecule has 0 aliphatic heterocycles. The van der Waals surface area contributed by atoms with Gasteiger partial charge in [-0.1, -0.05) is 0 Å². The third kappa shape index (κ3) is 1.79. The van der Waals surface area contributed by atoms with Crippen molar-refractivity contribution in [3.8, 4) is 0 Å². The highest BCUT2D eigenvalue weighted by molar-refractivity contribution is 5.89. The van der Waals surface area contributed by atoms with Gasteiger partial charge in [-0.05, 0) is 12.1 Å². The summed E-state index contributed by atoms with van der Waals surface area (Å²) in [5, 5.41) is 9.09. The zero-order chi connectivity index (χ0) is 10.6. The predicted octanol–water partition coefficient (Wildman–Crippen LogP) is 1.27. The molecule has 1 aromatic rings. The van der Waals surface area contributed by atoms with Crippen LogP contribution in [-0.4, -0.2) is 27.4 Å². The molecule has 4 nitrogen and oxygen atoms in total. The molecule has 75 valence electrons. The van der Waals surface area contributed by atoms with Gasteiger partial charge in [0.05, 0.1) is 17.1 Å². The second kappa shape index (κ2) is 4.50. The van der Waals surface area contributed by atoms with Gasteiger partial charge in [0.2, 0.25) is 6.29 Å². The molecular weight excluding hydrogens is 178 g/mol. The van der Waals surface area contributed by atoms with Crippen LogP contribution in [0.15, 0.2) is 12.1 Å². The van der Waals surface area contributed by atoms with Crippen LogP contribution in [0, 0.1) is 0 Å². The average Bonchev–Trinajstić information content (AvgIpc) is 2.26. The largest absolute Gasteiger partial charge is 0.386 e. The Hall–Kier alpha value is -1.71. The van der Waals surface area contributed by atoms with Crippen LogP contribution in [0.25, 0.3) is 0 Å². The van der Waals surface area contributed by atoms with Gasteiger partial charge in [-0.15, -0.1) is 0 Å². The number of carbonyl (C=O) groups excluding carboxylic acids is 1. The highest BCUT2D eigenvalue weighted by Gasteiger charge is 2.07. The van der Waals surface area contributed by atoms with Gasteiger partial charge in [0.25, 0.3) is 0 Å². The van der Waals surface area contributed by atoms with Gasteiger partial charge in [-0.25, -0.2) is 0 Å². The van der Waals surface area contributed by atoms with Crippen LogP contribution in [0.4, 0.5) is 17.1 Å². The van der Waals surface area contributed by atoms with E-state index >= 15 is 0 Å². The minimum Gasteiger partial charge on any atom is -0.386 e. The topological polar surface area (TPSA) is 53.2 Å². The van der Waals surface area contributed by atoms with E-state index in [0.717, 1.165) is 17.1 Å². The number of benzene rings is 1. The number of hydrogen-bond acceptors (Lipinski definition) is 4. The Morgan fingerprint density at radius 1 is 1.00 bits per heavy atom. The minimum absolute atomic E-state index is 0.526. The standard InChI is InChI=1S/C10H14N3O/c1-11-8-4-7(6-14)5-9(12-2)10(8)13-3/h4-5,11-13H,1-3H3. The third-order valence-corrected chi connectivity index (χ3v) is 2.04. The molecule has 0 saturated heterocycles. The number of rotatable bonds is 4. The lowest BCUT2D eigenvalue weighted by Crippen LogP contribution is -2.02. The van der Waals surface area contributed by atoms with E-state index in [-0.39, 0.29) is 0 Å². The van der Waals surface area contributed by atoms with Crippen molar-refractivity contribution in [1.29, 1.82) is 0 Å². The Labute approximate surface area is 83.7 Å². The summed E-state index contributed by atoms with van der Waals surface area (Å²) in [4.78, 5) is 10.5. The molecular formula is C10H14N3O. The molecule has 0 aromatic heterocycles. The molecule has 1 aromatic carbocycles. The minimum atomic E-state index is 0.526. The maximum Gasteiger partial charge on any atom is 0.233 e. The zero-order valence-corrected chi connectivity index (χ0v) is 8.56. The van der Waals surface area contributed by atoms with Crippen LogP contribution >= 0.6 is 0 Å². The van der Waals surface area contributed by atoms with E-state index in [1.165, 1.54) is 0 Å². The van der Waals surface area contributed by atoms with Crippen molar-refractivity contribution in [3.63, 3.8) is 0 Å². The lowest BCUT2D eigenvalue weighted by molar-refractivity contribution is 0.563. The van der Waals surface area contributed by atoms with Gasteiger partial charge in [-0.2, -0.15) is 0 Å². The van der Waals surface area contributed by atoms with Gasteiger partial charge in [0.15, 0.2) is 0 Å². The molecule has 0 aliphatic carbocycles. The summed E-state index contributed by atoms with van der Waals surface area (Å²) in [6, 6.07) is 3.50. The summed E-state index contributed by atoms with van der Waals surface area (Å²) in [5.74, 6) is 0. The van der Waals surface area contributed by atoms with E-state index < -0.39 is 0 Å². The van der Waals surface area contributed by atoms with Gasteiger partial charge >= 0.3 is 0 Å². The van der Waals surface area contributed by atoms with Crippen molar-refractivity contribution >= 4 is 23.3 Å². The second-order valence-electron chi connectivity index (χ2n) is 2.80. The molecule has 1 radical (unpaired) electrons. The summed E-state index contributed by atoms with van der Waals surface area (Å²) >= 11 is 0. The Kier molecular flexibility index (Phi) is 3.34. The maximum atomic E-state index is 10.5. The molecule has 1 rings (SSSR count). The van der Waals surface area contributed by atoms with Crippen LogP contribution in [0.2, 0.25) is 0 Å². The molecule has 0 amide bonds. The summed E-state index contributed by atoms with van der Waals surface area (Å²) in [6.45, 7) is 0. The van der Waals surface area contributed by atoms with Crippen LogP contribution in [-0.2, 0) is 4.79 Å². The average molecular weight is 192 g/mol. The van der Waals surface area contributed by atoms with Crippen molar-refractivity contribution in [2.45, 2.75) is 0 Å². The molecule has 0 aliphatic rings. The van der Waals surface area contributed by atoms with Crippen LogP contribution in [0.1, 0.15) is 5.56 Å². The lowest BCUT2D eigenvalue weighted by Gasteiger charge is -2.14. The molecule has 4 heteroatoms. The highest BCUT2D eigenvalue weighted by atomic mass is 16.1. The molecule has 0 bridgehead atoms. The Morgan fingerprint density at radius 3 is 1.79 bits per heavy atom. The van der Waals surface area contributed by atoms with E-state index in [1.807, 2.05) is 27.4 Å². The van der Waals surface area contributed by atoms with Crippen molar-refractivity contribution in [2.75, 3.05) is 37.1 Å². The summed E-state index contributed by atoms with van der Waals surface area (Å²) < 4.78 is 0. The third-order valence-electron chi connectivity index (χ3n) is 2.04. The molecule has 0 fully saturated rings. The summed E-state index contributed by atoms with van der Waals surface area (Å²) in [7, 11) is 5.45. The lowest BCUT2D eigenvalue weighted by atomic mass is 10.1. The first kappa shape index (κ1) is 10.4.